The molecular weight excluding hydrogens is 252 g/mol. The number of nitrogens with zero attached hydrogens (tertiary/aromatic N) is 2. The van der Waals surface area contributed by atoms with Crippen LogP contribution in [0.4, 0.5) is 10.5 Å². The van der Waals surface area contributed by atoms with E-state index in [2.05, 4.69) is 17.1 Å². The maximum atomic E-state index is 12.2. The first-order chi connectivity index (χ1) is 9.56. The molecule has 1 aromatic rings. The molecule has 0 heterocycles. The van der Waals surface area contributed by atoms with Gasteiger partial charge >= 0.3 is 6.03 Å². The standard InChI is InChI=1S/C15H26N4O/c1-4-9-19(11-10-18(2)3)15(20)17-14-7-5-13(12-16)6-8-14/h5-8H,4,9-12,16H2,1-3H3,(H,17,20). The van der Waals surface area contributed by atoms with Crippen molar-refractivity contribution < 1.29 is 4.79 Å². The van der Waals surface area contributed by atoms with Gasteiger partial charge in [0.2, 0.25) is 0 Å². The van der Waals surface area contributed by atoms with Crippen LogP contribution in [0.25, 0.3) is 0 Å². The van der Waals surface area contributed by atoms with E-state index in [4.69, 9.17) is 5.73 Å². The first kappa shape index (κ1) is 16.5. The van der Waals surface area contributed by atoms with Gasteiger partial charge in [0, 0.05) is 31.9 Å². The van der Waals surface area contributed by atoms with Gasteiger partial charge in [0.05, 0.1) is 0 Å². The van der Waals surface area contributed by atoms with Crippen molar-refractivity contribution in [1.29, 1.82) is 0 Å². The molecular formula is C15H26N4O. The van der Waals surface area contributed by atoms with E-state index in [0.717, 1.165) is 37.3 Å². The van der Waals surface area contributed by atoms with Crippen molar-refractivity contribution in [2.45, 2.75) is 19.9 Å². The Kier molecular flexibility index (Phi) is 7.04. The monoisotopic (exact) mass is 278 g/mol. The van der Waals surface area contributed by atoms with Crippen molar-refractivity contribution in [2.75, 3.05) is 39.0 Å². The summed E-state index contributed by atoms with van der Waals surface area (Å²) in [6.07, 6.45) is 0.951. The van der Waals surface area contributed by atoms with Crippen LogP contribution in [0, 0.1) is 0 Å². The molecule has 0 aliphatic rings. The molecule has 5 heteroatoms. The third kappa shape index (κ3) is 5.59. The van der Waals surface area contributed by atoms with Crippen LogP contribution in [0.15, 0.2) is 24.3 Å². The van der Waals surface area contributed by atoms with Gasteiger partial charge in [0.25, 0.3) is 0 Å². The lowest BCUT2D eigenvalue weighted by Crippen LogP contribution is -2.39. The number of benzene rings is 1. The summed E-state index contributed by atoms with van der Waals surface area (Å²) in [5, 5.41) is 2.93. The van der Waals surface area contributed by atoms with Crippen molar-refractivity contribution in [2.24, 2.45) is 5.73 Å². The fraction of sp³-hybridized carbons (Fsp3) is 0.533. The average molecular weight is 278 g/mol. The van der Waals surface area contributed by atoms with E-state index >= 15 is 0 Å². The first-order valence-electron chi connectivity index (χ1n) is 7.06. The van der Waals surface area contributed by atoms with Gasteiger partial charge in [-0.2, -0.15) is 0 Å². The maximum Gasteiger partial charge on any atom is 0.321 e. The Hall–Kier alpha value is -1.59. The Morgan fingerprint density at radius 2 is 1.80 bits per heavy atom. The van der Waals surface area contributed by atoms with Crippen LogP contribution in [0.5, 0.6) is 0 Å². The normalized spacial score (nSPS) is 10.7. The number of hydrogen-bond acceptors (Lipinski definition) is 3. The van der Waals surface area contributed by atoms with Crippen molar-refractivity contribution in [3.05, 3.63) is 29.8 Å². The summed E-state index contributed by atoms with van der Waals surface area (Å²) < 4.78 is 0. The molecule has 1 aromatic carbocycles. The summed E-state index contributed by atoms with van der Waals surface area (Å²) in [7, 11) is 4.02. The van der Waals surface area contributed by atoms with Gasteiger partial charge < -0.3 is 20.9 Å². The van der Waals surface area contributed by atoms with Crippen LogP contribution >= 0.6 is 0 Å². The van der Waals surface area contributed by atoms with Crippen LogP contribution in [0.2, 0.25) is 0 Å². The van der Waals surface area contributed by atoms with E-state index in [1.807, 2.05) is 43.3 Å². The zero-order valence-electron chi connectivity index (χ0n) is 12.7. The zero-order valence-corrected chi connectivity index (χ0v) is 12.7. The van der Waals surface area contributed by atoms with Crippen molar-refractivity contribution in [3.8, 4) is 0 Å². The molecule has 3 N–H and O–H groups in total. The second kappa shape index (κ2) is 8.55. The SMILES string of the molecule is CCCN(CCN(C)C)C(=O)Nc1ccc(CN)cc1. The second-order valence-corrected chi connectivity index (χ2v) is 5.12. The number of likely N-dealkylation sites (N-methyl/N-ethyl adjacent to an activating group) is 1. The number of carbonyl (C=O) groups is 1. The summed E-state index contributed by atoms with van der Waals surface area (Å²) in [5.41, 5.74) is 7.42. The Morgan fingerprint density at radius 3 is 2.30 bits per heavy atom. The highest BCUT2D eigenvalue weighted by Gasteiger charge is 2.12. The van der Waals surface area contributed by atoms with Crippen molar-refractivity contribution in [1.82, 2.24) is 9.80 Å². The molecule has 0 saturated carbocycles. The Bertz CT molecular complexity index is 403. The highest BCUT2D eigenvalue weighted by Crippen LogP contribution is 2.10. The predicted molar refractivity (Wildman–Crippen MR) is 83.8 cm³/mol. The number of anilines is 1. The number of urea groups is 1. The summed E-state index contributed by atoms with van der Waals surface area (Å²) in [6.45, 7) is 4.94. The average Bonchev–Trinajstić information content (AvgIpc) is 2.44. The molecule has 0 atom stereocenters. The minimum Gasteiger partial charge on any atom is -0.326 e. The molecule has 0 spiro atoms. The molecule has 0 unspecified atom stereocenters. The zero-order chi connectivity index (χ0) is 15.0. The van der Waals surface area contributed by atoms with E-state index in [1.54, 1.807) is 0 Å². The smallest absolute Gasteiger partial charge is 0.321 e. The quantitative estimate of drug-likeness (QED) is 0.801. The minimum atomic E-state index is -0.0470. The highest BCUT2D eigenvalue weighted by atomic mass is 16.2. The molecule has 2 amide bonds. The molecule has 112 valence electrons. The Balaban J connectivity index is 2.59. The summed E-state index contributed by atoms with van der Waals surface area (Å²) in [5.74, 6) is 0. The third-order valence-electron chi connectivity index (χ3n) is 3.04. The molecule has 0 aromatic heterocycles. The number of rotatable bonds is 7. The van der Waals surface area contributed by atoms with E-state index in [9.17, 15) is 4.79 Å². The molecule has 0 radical (unpaired) electrons. The van der Waals surface area contributed by atoms with Gasteiger partial charge in [-0.25, -0.2) is 4.79 Å². The number of carbonyl (C=O) groups excluding carboxylic acids is 1. The van der Waals surface area contributed by atoms with E-state index in [1.165, 1.54) is 0 Å². The lowest BCUT2D eigenvalue weighted by atomic mass is 10.2. The summed E-state index contributed by atoms with van der Waals surface area (Å²) in [6, 6.07) is 7.58. The van der Waals surface area contributed by atoms with Crippen LogP contribution < -0.4 is 11.1 Å². The summed E-state index contributed by atoms with van der Waals surface area (Å²) >= 11 is 0. The number of nitrogens with two attached hydrogens (primary N) is 1. The van der Waals surface area contributed by atoms with E-state index in [0.29, 0.717) is 6.54 Å². The second-order valence-electron chi connectivity index (χ2n) is 5.12. The lowest BCUT2D eigenvalue weighted by Gasteiger charge is -2.24. The highest BCUT2D eigenvalue weighted by molar-refractivity contribution is 5.89. The molecule has 0 fully saturated rings. The van der Waals surface area contributed by atoms with E-state index in [-0.39, 0.29) is 6.03 Å². The largest absolute Gasteiger partial charge is 0.326 e. The Labute approximate surface area is 121 Å². The number of nitrogens with one attached hydrogen (secondary N) is 1. The van der Waals surface area contributed by atoms with Crippen LogP contribution in [0.1, 0.15) is 18.9 Å². The van der Waals surface area contributed by atoms with Gasteiger partial charge in [-0.3, -0.25) is 0 Å². The Morgan fingerprint density at radius 1 is 1.15 bits per heavy atom. The van der Waals surface area contributed by atoms with Crippen LogP contribution in [-0.4, -0.2) is 49.6 Å². The fourth-order valence-corrected chi connectivity index (χ4v) is 1.83. The number of amides is 2. The van der Waals surface area contributed by atoms with E-state index < -0.39 is 0 Å². The minimum absolute atomic E-state index is 0.0470. The summed E-state index contributed by atoms with van der Waals surface area (Å²) in [4.78, 5) is 16.2. The maximum absolute atomic E-state index is 12.2. The molecule has 1 rings (SSSR count). The van der Waals surface area contributed by atoms with Crippen LogP contribution in [0.3, 0.4) is 0 Å². The van der Waals surface area contributed by atoms with Crippen molar-refractivity contribution >= 4 is 11.7 Å². The van der Waals surface area contributed by atoms with Gasteiger partial charge in [-0.15, -0.1) is 0 Å². The van der Waals surface area contributed by atoms with Gasteiger partial charge in [-0.1, -0.05) is 19.1 Å². The lowest BCUT2D eigenvalue weighted by molar-refractivity contribution is 0.205. The molecule has 5 nitrogen and oxygen atoms in total. The predicted octanol–water partition coefficient (Wildman–Crippen LogP) is 1.95. The fourth-order valence-electron chi connectivity index (χ4n) is 1.83. The molecule has 0 aliphatic heterocycles. The number of hydrogen-bond donors (Lipinski definition) is 2. The molecule has 0 bridgehead atoms. The third-order valence-corrected chi connectivity index (χ3v) is 3.04. The molecule has 0 saturated heterocycles. The van der Waals surface area contributed by atoms with Crippen LogP contribution in [-0.2, 0) is 6.54 Å². The van der Waals surface area contributed by atoms with Gasteiger partial charge in [0.15, 0.2) is 0 Å². The molecule has 0 aliphatic carbocycles. The topological polar surface area (TPSA) is 61.6 Å². The first-order valence-corrected chi connectivity index (χ1v) is 7.06. The van der Waals surface area contributed by atoms with Gasteiger partial charge in [0.1, 0.15) is 0 Å². The van der Waals surface area contributed by atoms with Gasteiger partial charge in [-0.05, 0) is 38.2 Å². The van der Waals surface area contributed by atoms with Crippen molar-refractivity contribution in [3.63, 3.8) is 0 Å². The molecule has 20 heavy (non-hydrogen) atoms.